The highest BCUT2D eigenvalue weighted by molar-refractivity contribution is 5.92. The zero-order chi connectivity index (χ0) is 16.7. The third-order valence-corrected chi connectivity index (χ3v) is 3.61. The molecule has 0 bridgehead atoms. The van der Waals surface area contributed by atoms with Crippen molar-refractivity contribution in [3.63, 3.8) is 0 Å². The van der Waals surface area contributed by atoms with E-state index in [9.17, 15) is 4.79 Å². The first-order chi connectivity index (χ1) is 11.2. The van der Waals surface area contributed by atoms with Crippen molar-refractivity contribution in [2.75, 3.05) is 18.0 Å². The lowest BCUT2D eigenvalue weighted by Gasteiger charge is -2.22. The molecule has 0 saturated heterocycles. The number of rotatable bonds is 7. The maximum absolute atomic E-state index is 12.0. The van der Waals surface area contributed by atoms with Crippen molar-refractivity contribution in [2.24, 2.45) is 0 Å². The van der Waals surface area contributed by atoms with Gasteiger partial charge in [-0.1, -0.05) is 25.5 Å². The fraction of sp³-hybridized carbons (Fsp3) is 0.389. The lowest BCUT2D eigenvalue weighted by Crippen LogP contribution is -2.26. The summed E-state index contributed by atoms with van der Waals surface area (Å²) in [5.74, 6) is 0.569. The molecule has 5 heteroatoms. The van der Waals surface area contributed by atoms with Gasteiger partial charge in [0.1, 0.15) is 0 Å². The second-order valence-electron chi connectivity index (χ2n) is 5.47. The Hall–Kier alpha value is -2.43. The van der Waals surface area contributed by atoms with Crippen molar-refractivity contribution in [3.05, 3.63) is 47.7 Å². The van der Waals surface area contributed by atoms with E-state index in [1.54, 1.807) is 6.07 Å². The number of aryl methyl sites for hydroxylation is 1. The molecule has 23 heavy (non-hydrogen) atoms. The van der Waals surface area contributed by atoms with E-state index in [2.05, 4.69) is 53.3 Å². The molecule has 0 fully saturated rings. The number of hydrogen-bond donors (Lipinski definition) is 1. The molecule has 0 spiro atoms. The average molecular weight is 312 g/mol. The van der Waals surface area contributed by atoms with Crippen LogP contribution in [0.1, 0.15) is 42.7 Å². The van der Waals surface area contributed by atoms with Crippen molar-refractivity contribution in [1.29, 1.82) is 0 Å². The minimum Gasteiger partial charge on any atom is -0.351 e. The first-order valence-corrected chi connectivity index (χ1v) is 8.11. The van der Waals surface area contributed by atoms with Gasteiger partial charge in [0.25, 0.3) is 5.91 Å². The summed E-state index contributed by atoms with van der Waals surface area (Å²) in [6.45, 7) is 7.66. The molecular weight excluding hydrogens is 288 g/mol. The minimum absolute atomic E-state index is 0.170. The molecule has 0 aliphatic heterocycles. The van der Waals surface area contributed by atoms with Crippen molar-refractivity contribution >= 4 is 17.4 Å². The largest absolute Gasteiger partial charge is 0.351 e. The van der Waals surface area contributed by atoms with Gasteiger partial charge >= 0.3 is 0 Å². The van der Waals surface area contributed by atoms with Gasteiger partial charge in [0.2, 0.25) is 0 Å². The van der Waals surface area contributed by atoms with Crippen LogP contribution < -0.4 is 10.2 Å². The first kappa shape index (κ1) is 16.9. The minimum atomic E-state index is -0.170. The summed E-state index contributed by atoms with van der Waals surface area (Å²) < 4.78 is 0. The van der Waals surface area contributed by atoms with Gasteiger partial charge in [-0.2, -0.15) is 0 Å². The number of hydrogen-bond acceptors (Lipinski definition) is 4. The maximum Gasteiger partial charge on any atom is 0.271 e. The molecule has 0 radical (unpaired) electrons. The summed E-state index contributed by atoms with van der Waals surface area (Å²) in [4.78, 5) is 14.0. The molecule has 1 heterocycles. The van der Waals surface area contributed by atoms with Crippen LogP contribution in [0.3, 0.4) is 0 Å². The Morgan fingerprint density at radius 2 is 2.00 bits per heavy atom. The van der Waals surface area contributed by atoms with Crippen molar-refractivity contribution in [3.8, 4) is 0 Å². The Morgan fingerprint density at radius 3 is 2.61 bits per heavy atom. The zero-order valence-electron chi connectivity index (χ0n) is 14.0. The summed E-state index contributed by atoms with van der Waals surface area (Å²) in [5, 5.41) is 11.1. The highest BCUT2D eigenvalue weighted by Gasteiger charge is 2.12. The third-order valence-electron chi connectivity index (χ3n) is 3.61. The van der Waals surface area contributed by atoms with E-state index in [4.69, 9.17) is 0 Å². The molecule has 1 aromatic carbocycles. The van der Waals surface area contributed by atoms with Crippen molar-refractivity contribution in [2.45, 2.75) is 33.6 Å². The fourth-order valence-corrected chi connectivity index (χ4v) is 2.33. The topological polar surface area (TPSA) is 58.1 Å². The Kier molecular flexibility index (Phi) is 6.09. The van der Waals surface area contributed by atoms with Crippen molar-refractivity contribution < 1.29 is 4.79 Å². The Morgan fingerprint density at radius 1 is 1.17 bits per heavy atom. The van der Waals surface area contributed by atoms with Crippen LogP contribution in [-0.4, -0.2) is 29.2 Å². The molecule has 1 amide bonds. The van der Waals surface area contributed by atoms with Crippen LogP contribution in [0.4, 0.5) is 11.5 Å². The zero-order valence-corrected chi connectivity index (χ0v) is 14.0. The molecule has 0 atom stereocenters. The monoisotopic (exact) mass is 312 g/mol. The molecule has 2 aromatic rings. The quantitative estimate of drug-likeness (QED) is 0.795. The smallest absolute Gasteiger partial charge is 0.271 e. The molecule has 0 aliphatic rings. The van der Waals surface area contributed by atoms with Crippen LogP contribution in [0, 0.1) is 6.92 Å². The summed E-state index contributed by atoms with van der Waals surface area (Å²) in [6.07, 6.45) is 2.01. The standard InChI is InChI=1S/C18H24N4O/c1-4-6-12-19-18(23)16-10-11-17(21-20-16)22(5-2)15-9-7-8-14(3)13-15/h7-11,13H,4-6,12H2,1-3H3,(H,19,23). The number of carbonyl (C=O) groups excluding carboxylic acids is 1. The number of anilines is 2. The normalized spacial score (nSPS) is 10.4. The average Bonchev–Trinajstić information content (AvgIpc) is 2.56. The Labute approximate surface area is 137 Å². The van der Waals surface area contributed by atoms with Gasteiger partial charge in [0.15, 0.2) is 11.5 Å². The SMILES string of the molecule is CCCCNC(=O)c1ccc(N(CC)c2cccc(C)c2)nn1. The maximum atomic E-state index is 12.0. The van der Waals surface area contributed by atoms with Crippen molar-refractivity contribution in [1.82, 2.24) is 15.5 Å². The molecule has 122 valence electrons. The lowest BCUT2D eigenvalue weighted by molar-refractivity contribution is 0.0947. The Balaban J connectivity index is 2.12. The van der Waals surface area contributed by atoms with E-state index in [1.807, 2.05) is 18.2 Å². The number of unbranched alkanes of at least 4 members (excludes halogenated alkanes) is 1. The van der Waals surface area contributed by atoms with E-state index in [0.717, 1.165) is 30.9 Å². The molecule has 0 unspecified atom stereocenters. The summed E-state index contributed by atoms with van der Waals surface area (Å²) in [5.41, 5.74) is 2.62. The fourth-order valence-electron chi connectivity index (χ4n) is 2.33. The molecule has 0 saturated carbocycles. The van der Waals surface area contributed by atoms with Crippen LogP contribution in [0.15, 0.2) is 36.4 Å². The molecular formula is C18H24N4O. The van der Waals surface area contributed by atoms with Gasteiger partial charge in [-0.05, 0) is 50.1 Å². The van der Waals surface area contributed by atoms with Crippen LogP contribution >= 0.6 is 0 Å². The predicted octanol–water partition coefficient (Wildman–Crippen LogP) is 3.47. The molecule has 2 rings (SSSR count). The van der Waals surface area contributed by atoms with Gasteiger partial charge in [-0.25, -0.2) is 0 Å². The van der Waals surface area contributed by atoms with Crippen LogP contribution in [-0.2, 0) is 0 Å². The van der Waals surface area contributed by atoms with E-state index in [-0.39, 0.29) is 5.91 Å². The molecule has 0 aliphatic carbocycles. The number of nitrogens with one attached hydrogen (secondary N) is 1. The summed E-state index contributed by atoms with van der Waals surface area (Å²) >= 11 is 0. The Bertz CT molecular complexity index is 640. The molecule has 1 N–H and O–H groups in total. The lowest BCUT2D eigenvalue weighted by atomic mass is 10.2. The van der Waals surface area contributed by atoms with Crippen LogP contribution in [0.25, 0.3) is 0 Å². The van der Waals surface area contributed by atoms with E-state index in [1.165, 1.54) is 5.56 Å². The molecule has 1 aromatic heterocycles. The number of nitrogens with zero attached hydrogens (tertiary/aromatic N) is 3. The van der Waals surface area contributed by atoms with E-state index >= 15 is 0 Å². The van der Waals surface area contributed by atoms with Gasteiger partial charge in [-0.15, -0.1) is 10.2 Å². The molecule has 5 nitrogen and oxygen atoms in total. The third kappa shape index (κ3) is 4.52. The number of amides is 1. The highest BCUT2D eigenvalue weighted by atomic mass is 16.1. The van der Waals surface area contributed by atoms with E-state index in [0.29, 0.717) is 12.2 Å². The summed E-state index contributed by atoms with van der Waals surface area (Å²) in [6, 6.07) is 11.8. The second-order valence-corrected chi connectivity index (χ2v) is 5.47. The van der Waals surface area contributed by atoms with Crippen LogP contribution in [0.2, 0.25) is 0 Å². The number of benzene rings is 1. The van der Waals surface area contributed by atoms with E-state index < -0.39 is 0 Å². The van der Waals surface area contributed by atoms with Gasteiger partial charge in [0.05, 0.1) is 0 Å². The second kappa shape index (κ2) is 8.27. The van der Waals surface area contributed by atoms with Gasteiger partial charge in [-0.3, -0.25) is 4.79 Å². The predicted molar refractivity (Wildman–Crippen MR) is 93.1 cm³/mol. The summed E-state index contributed by atoms with van der Waals surface area (Å²) in [7, 11) is 0. The van der Waals surface area contributed by atoms with Crippen LogP contribution in [0.5, 0.6) is 0 Å². The van der Waals surface area contributed by atoms with Gasteiger partial charge < -0.3 is 10.2 Å². The number of aromatic nitrogens is 2. The number of carbonyl (C=O) groups is 1. The van der Waals surface area contributed by atoms with Gasteiger partial charge in [0, 0.05) is 18.8 Å². The first-order valence-electron chi connectivity index (χ1n) is 8.11. The highest BCUT2D eigenvalue weighted by Crippen LogP contribution is 2.23.